The molecule has 0 aliphatic rings. The molecule has 78 valence electrons. The van der Waals surface area contributed by atoms with Gasteiger partial charge in [0.15, 0.2) is 0 Å². The first-order chi connectivity index (χ1) is 7.11. The highest BCUT2D eigenvalue weighted by Crippen LogP contribution is 2.34. The molecule has 0 N–H and O–H groups in total. The van der Waals surface area contributed by atoms with Crippen molar-refractivity contribution in [3.63, 3.8) is 0 Å². The Morgan fingerprint density at radius 2 is 1.53 bits per heavy atom. The first-order valence-corrected chi connectivity index (χ1v) is 6.10. The van der Waals surface area contributed by atoms with Crippen LogP contribution in [-0.2, 0) is 0 Å². The molecule has 1 heteroatoms. The molecule has 0 saturated carbocycles. The van der Waals surface area contributed by atoms with Crippen molar-refractivity contribution >= 4 is 11.3 Å². The van der Waals surface area contributed by atoms with Crippen molar-refractivity contribution in [1.29, 1.82) is 0 Å². The smallest absolute Gasteiger partial charge is 0.00497 e. The van der Waals surface area contributed by atoms with E-state index in [1.54, 1.807) is 0 Å². The van der Waals surface area contributed by atoms with E-state index in [2.05, 4.69) is 51.3 Å². The average molecular weight is 216 g/mol. The molecule has 15 heavy (non-hydrogen) atoms. The van der Waals surface area contributed by atoms with Crippen molar-refractivity contribution in [1.82, 2.24) is 0 Å². The Bertz CT molecular complexity index is 472. The Morgan fingerprint density at radius 1 is 0.933 bits per heavy atom. The van der Waals surface area contributed by atoms with Gasteiger partial charge in [0, 0.05) is 4.88 Å². The lowest BCUT2D eigenvalue weighted by molar-refractivity contribution is 1.35. The maximum Gasteiger partial charge on any atom is 0.00497 e. The first-order valence-electron chi connectivity index (χ1n) is 5.22. The molecule has 0 aliphatic heterocycles. The van der Waals surface area contributed by atoms with Gasteiger partial charge in [0.1, 0.15) is 0 Å². The Morgan fingerprint density at radius 3 is 2.00 bits per heavy atom. The van der Waals surface area contributed by atoms with Gasteiger partial charge in [0.2, 0.25) is 0 Å². The fraction of sp³-hybridized carbons (Fsp3) is 0.286. The number of hydrogen-bond acceptors (Lipinski definition) is 1. The summed E-state index contributed by atoms with van der Waals surface area (Å²) in [6.45, 7) is 8.79. The Kier molecular flexibility index (Phi) is 2.66. The van der Waals surface area contributed by atoms with Gasteiger partial charge in [-0.05, 0) is 60.9 Å². The minimum atomic E-state index is 1.37. The van der Waals surface area contributed by atoms with Gasteiger partial charge in [-0.3, -0.25) is 0 Å². The molecule has 0 radical (unpaired) electrons. The average Bonchev–Trinajstić information content (AvgIpc) is 2.49. The molecule has 1 heterocycles. The molecule has 0 aliphatic carbocycles. The normalized spacial score (nSPS) is 10.7. The van der Waals surface area contributed by atoms with Crippen LogP contribution >= 0.6 is 11.3 Å². The second-order valence-electron chi connectivity index (χ2n) is 4.10. The van der Waals surface area contributed by atoms with Crippen molar-refractivity contribution in [2.24, 2.45) is 0 Å². The topological polar surface area (TPSA) is 0 Å². The molecule has 0 bridgehead atoms. The molecule has 0 atom stereocenters. The zero-order valence-electron chi connectivity index (χ0n) is 9.72. The molecule has 0 spiro atoms. The molecule has 0 nitrogen and oxygen atoms in total. The molecule has 0 saturated heterocycles. The van der Waals surface area contributed by atoms with Crippen LogP contribution in [0.1, 0.15) is 21.6 Å². The van der Waals surface area contributed by atoms with E-state index in [9.17, 15) is 0 Å². The predicted octanol–water partition coefficient (Wildman–Crippen LogP) is 4.65. The van der Waals surface area contributed by atoms with Crippen LogP contribution in [0.5, 0.6) is 0 Å². The molecule has 1 aromatic carbocycles. The highest BCUT2D eigenvalue weighted by Gasteiger charge is 2.10. The summed E-state index contributed by atoms with van der Waals surface area (Å²) in [4.78, 5) is 1.42. The van der Waals surface area contributed by atoms with Gasteiger partial charge in [-0.25, -0.2) is 0 Å². The summed E-state index contributed by atoms with van der Waals surface area (Å²) in [5.41, 5.74) is 7.00. The minimum absolute atomic E-state index is 1.37. The summed E-state index contributed by atoms with van der Waals surface area (Å²) in [6.07, 6.45) is 0. The quantitative estimate of drug-likeness (QED) is 0.651. The monoisotopic (exact) mass is 216 g/mol. The largest absolute Gasteiger partial charge is 0.148 e. The van der Waals surface area contributed by atoms with Gasteiger partial charge >= 0.3 is 0 Å². The summed E-state index contributed by atoms with van der Waals surface area (Å²) in [6, 6.07) is 6.51. The van der Waals surface area contributed by atoms with Crippen molar-refractivity contribution in [2.45, 2.75) is 27.7 Å². The van der Waals surface area contributed by atoms with Crippen LogP contribution < -0.4 is 0 Å². The lowest BCUT2D eigenvalue weighted by Crippen LogP contribution is -1.88. The predicted molar refractivity (Wildman–Crippen MR) is 68.7 cm³/mol. The lowest BCUT2D eigenvalue weighted by Gasteiger charge is -2.09. The third kappa shape index (κ3) is 1.72. The third-order valence-corrected chi connectivity index (χ3v) is 4.05. The van der Waals surface area contributed by atoms with E-state index in [-0.39, 0.29) is 0 Å². The minimum Gasteiger partial charge on any atom is -0.148 e. The van der Waals surface area contributed by atoms with E-state index in [1.807, 2.05) is 11.3 Å². The molecular formula is C14H16S. The van der Waals surface area contributed by atoms with Crippen LogP contribution in [0.4, 0.5) is 0 Å². The standard InChI is InChI=1S/C14H16S/c1-9-6-5-7-10(2)14(9)13-8-15-12(4)11(13)3/h5-8H,1-4H3. The van der Waals surface area contributed by atoms with Crippen molar-refractivity contribution in [3.05, 3.63) is 45.1 Å². The summed E-state index contributed by atoms with van der Waals surface area (Å²) in [5.74, 6) is 0. The van der Waals surface area contributed by atoms with Gasteiger partial charge in [-0.1, -0.05) is 18.2 Å². The summed E-state index contributed by atoms with van der Waals surface area (Å²) >= 11 is 1.84. The van der Waals surface area contributed by atoms with Crippen LogP contribution in [0.3, 0.4) is 0 Å². The second-order valence-corrected chi connectivity index (χ2v) is 5.18. The molecule has 0 fully saturated rings. The summed E-state index contributed by atoms with van der Waals surface area (Å²) in [5, 5.41) is 2.28. The van der Waals surface area contributed by atoms with Crippen molar-refractivity contribution in [2.75, 3.05) is 0 Å². The first kappa shape index (κ1) is 10.4. The highest BCUT2D eigenvalue weighted by molar-refractivity contribution is 7.10. The Labute approximate surface area is 95.6 Å². The molecule has 0 amide bonds. The molecule has 2 rings (SSSR count). The number of thiophene rings is 1. The van der Waals surface area contributed by atoms with Gasteiger partial charge in [-0.15, -0.1) is 11.3 Å². The van der Waals surface area contributed by atoms with Gasteiger partial charge in [0.25, 0.3) is 0 Å². The fourth-order valence-electron chi connectivity index (χ4n) is 2.00. The van der Waals surface area contributed by atoms with Crippen LogP contribution in [-0.4, -0.2) is 0 Å². The van der Waals surface area contributed by atoms with Crippen LogP contribution in [0, 0.1) is 27.7 Å². The zero-order valence-corrected chi connectivity index (χ0v) is 10.5. The van der Waals surface area contributed by atoms with Crippen LogP contribution in [0.25, 0.3) is 11.1 Å². The van der Waals surface area contributed by atoms with E-state index in [1.165, 1.54) is 32.7 Å². The molecular weight excluding hydrogens is 200 g/mol. The summed E-state index contributed by atoms with van der Waals surface area (Å²) < 4.78 is 0. The third-order valence-electron chi connectivity index (χ3n) is 3.04. The second kappa shape index (κ2) is 3.82. The van der Waals surface area contributed by atoms with Crippen molar-refractivity contribution < 1.29 is 0 Å². The Balaban J connectivity index is 2.69. The van der Waals surface area contributed by atoms with Crippen LogP contribution in [0.15, 0.2) is 23.6 Å². The van der Waals surface area contributed by atoms with E-state index in [0.29, 0.717) is 0 Å². The number of hydrogen-bond donors (Lipinski definition) is 0. The SMILES string of the molecule is Cc1cccc(C)c1-c1csc(C)c1C. The maximum atomic E-state index is 2.28. The molecule has 1 aromatic heterocycles. The van der Waals surface area contributed by atoms with Gasteiger partial charge in [-0.2, -0.15) is 0 Å². The number of aryl methyl sites for hydroxylation is 3. The van der Waals surface area contributed by atoms with E-state index < -0.39 is 0 Å². The van der Waals surface area contributed by atoms with E-state index in [0.717, 1.165) is 0 Å². The van der Waals surface area contributed by atoms with E-state index in [4.69, 9.17) is 0 Å². The molecule has 2 aromatic rings. The van der Waals surface area contributed by atoms with Crippen LogP contribution in [0.2, 0.25) is 0 Å². The number of rotatable bonds is 1. The lowest BCUT2D eigenvalue weighted by atomic mass is 9.95. The highest BCUT2D eigenvalue weighted by atomic mass is 32.1. The van der Waals surface area contributed by atoms with E-state index >= 15 is 0 Å². The van der Waals surface area contributed by atoms with Crippen molar-refractivity contribution in [3.8, 4) is 11.1 Å². The number of benzene rings is 1. The zero-order chi connectivity index (χ0) is 11.0. The molecule has 0 unspecified atom stereocenters. The van der Waals surface area contributed by atoms with Gasteiger partial charge < -0.3 is 0 Å². The maximum absolute atomic E-state index is 2.28. The fourth-order valence-corrected chi connectivity index (χ4v) is 2.88. The Hall–Kier alpha value is -1.08. The summed E-state index contributed by atoms with van der Waals surface area (Å²) in [7, 11) is 0. The van der Waals surface area contributed by atoms with Gasteiger partial charge in [0.05, 0.1) is 0 Å².